The smallest absolute Gasteiger partial charge is 0.269 e. The maximum absolute atomic E-state index is 14.0. The van der Waals surface area contributed by atoms with Crippen LogP contribution in [0.2, 0.25) is 10.0 Å². The van der Waals surface area contributed by atoms with Crippen molar-refractivity contribution in [2.45, 2.75) is 68.5 Å². The Balaban J connectivity index is 1.39. The van der Waals surface area contributed by atoms with Crippen molar-refractivity contribution in [3.05, 3.63) is 99.5 Å². The van der Waals surface area contributed by atoms with Gasteiger partial charge in [-0.2, -0.15) is 0 Å². The van der Waals surface area contributed by atoms with Crippen molar-refractivity contribution < 1.29 is 22.8 Å². The van der Waals surface area contributed by atoms with Crippen molar-refractivity contribution in [2.24, 2.45) is 0 Å². The standard InChI is InChI=1S/C32H33Cl2N3O5S/c33-24-17-16-23(27(34)20-24)21-36(28(19-22-9-2-1-3-10-22)31(39)35-25-11-4-5-12-25)30(38)15-8-18-37-32(40)26-13-6-7-14-29(26)43(37,41)42/h1-3,6-7,9-10,13-14,16-17,20,25,28H,4-5,8,11-12,15,18-19,21H2,(H,35,39)/t28-/m0/s1. The van der Waals surface area contributed by atoms with E-state index in [1.807, 2.05) is 30.3 Å². The molecule has 1 heterocycles. The molecule has 1 saturated carbocycles. The lowest BCUT2D eigenvalue weighted by Crippen LogP contribution is -2.52. The first-order valence-corrected chi connectivity index (χ1v) is 16.6. The van der Waals surface area contributed by atoms with E-state index in [2.05, 4.69) is 5.32 Å². The molecule has 11 heteroatoms. The van der Waals surface area contributed by atoms with Gasteiger partial charge in [-0.15, -0.1) is 0 Å². The Bertz CT molecular complexity index is 1610. The van der Waals surface area contributed by atoms with Gasteiger partial charge in [0, 0.05) is 42.0 Å². The minimum Gasteiger partial charge on any atom is -0.352 e. The molecule has 0 aromatic heterocycles. The Labute approximate surface area is 262 Å². The van der Waals surface area contributed by atoms with Crippen molar-refractivity contribution in [3.63, 3.8) is 0 Å². The first-order chi connectivity index (χ1) is 20.6. The second-order valence-electron chi connectivity index (χ2n) is 10.9. The molecule has 226 valence electrons. The number of rotatable bonds is 11. The van der Waals surface area contributed by atoms with E-state index in [1.54, 1.807) is 30.3 Å². The number of sulfonamides is 1. The number of hydrogen-bond acceptors (Lipinski definition) is 5. The molecule has 0 bridgehead atoms. The molecule has 1 aliphatic carbocycles. The summed E-state index contributed by atoms with van der Waals surface area (Å²) < 4.78 is 26.8. The first-order valence-electron chi connectivity index (χ1n) is 14.4. The predicted molar refractivity (Wildman–Crippen MR) is 165 cm³/mol. The highest BCUT2D eigenvalue weighted by Gasteiger charge is 2.40. The number of carbonyl (C=O) groups excluding carboxylic acids is 3. The molecule has 8 nitrogen and oxygen atoms in total. The lowest BCUT2D eigenvalue weighted by molar-refractivity contribution is -0.141. The van der Waals surface area contributed by atoms with E-state index >= 15 is 0 Å². The second-order valence-corrected chi connectivity index (χ2v) is 13.6. The molecule has 5 rings (SSSR count). The summed E-state index contributed by atoms with van der Waals surface area (Å²) >= 11 is 12.6. The number of nitrogens with one attached hydrogen (secondary N) is 1. The Hall–Kier alpha value is -3.40. The third kappa shape index (κ3) is 7.06. The van der Waals surface area contributed by atoms with Crippen LogP contribution in [0.15, 0.2) is 77.7 Å². The third-order valence-corrected chi connectivity index (χ3v) is 10.4. The second kappa shape index (κ2) is 13.5. The number of fused-ring (bicyclic) bond motifs is 1. The lowest BCUT2D eigenvalue weighted by Gasteiger charge is -2.33. The summed E-state index contributed by atoms with van der Waals surface area (Å²) in [6, 6.07) is 19.8. The Kier molecular flexibility index (Phi) is 9.74. The van der Waals surface area contributed by atoms with Crippen molar-refractivity contribution in [1.29, 1.82) is 0 Å². The van der Waals surface area contributed by atoms with Gasteiger partial charge in [0.15, 0.2) is 0 Å². The van der Waals surface area contributed by atoms with Gasteiger partial charge in [-0.1, -0.05) is 84.6 Å². The summed E-state index contributed by atoms with van der Waals surface area (Å²) in [6.45, 7) is -0.106. The van der Waals surface area contributed by atoms with Gasteiger partial charge in [0.1, 0.15) is 10.9 Å². The number of carbonyl (C=O) groups is 3. The molecule has 3 aromatic carbocycles. The van der Waals surface area contributed by atoms with Crippen LogP contribution in [0.4, 0.5) is 0 Å². The number of halogens is 2. The zero-order chi connectivity index (χ0) is 30.6. The minimum absolute atomic E-state index is 0.0307. The van der Waals surface area contributed by atoms with Gasteiger partial charge >= 0.3 is 0 Å². The van der Waals surface area contributed by atoms with E-state index in [0.717, 1.165) is 35.6 Å². The quantitative estimate of drug-likeness (QED) is 0.293. The van der Waals surface area contributed by atoms with Crippen LogP contribution in [0.5, 0.6) is 0 Å². The molecular formula is C32H33Cl2N3O5S. The van der Waals surface area contributed by atoms with Crippen molar-refractivity contribution >= 4 is 50.9 Å². The maximum atomic E-state index is 14.0. The molecule has 0 saturated heterocycles. The van der Waals surface area contributed by atoms with E-state index < -0.39 is 22.0 Å². The number of benzene rings is 3. The maximum Gasteiger partial charge on any atom is 0.269 e. The molecule has 43 heavy (non-hydrogen) atoms. The Morgan fingerprint density at radius 3 is 2.37 bits per heavy atom. The molecule has 1 fully saturated rings. The fourth-order valence-electron chi connectivity index (χ4n) is 5.72. The van der Waals surface area contributed by atoms with Gasteiger partial charge in [-0.3, -0.25) is 14.4 Å². The Morgan fingerprint density at radius 1 is 0.977 bits per heavy atom. The van der Waals surface area contributed by atoms with Gasteiger partial charge in [0.25, 0.3) is 15.9 Å². The fourth-order valence-corrected chi connectivity index (χ4v) is 7.80. The van der Waals surface area contributed by atoms with Crippen molar-refractivity contribution in [2.75, 3.05) is 6.54 Å². The van der Waals surface area contributed by atoms with Crippen molar-refractivity contribution in [3.8, 4) is 0 Å². The monoisotopic (exact) mass is 641 g/mol. The highest BCUT2D eigenvalue weighted by molar-refractivity contribution is 7.90. The summed E-state index contributed by atoms with van der Waals surface area (Å²) in [6.07, 6.45) is 4.15. The van der Waals surface area contributed by atoms with Crippen LogP contribution >= 0.6 is 23.2 Å². The molecule has 0 radical (unpaired) electrons. The van der Waals surface area contributed by atoms with E-state index in [9.17, 15) is 22.8 Å². The van der Waals surface area contributed by atoms with Crippen LogP contribution in [0.1, 0.15) is 60.0 Å². The lowest BCUT2D eigenvalue weighted by atomic mass is 10.0. The van der Waals surface area contributed by atoms with Gasteiger partial charge in [0.2, 0.25) is 11.8 Å². The molecule has 2 aliphatic rings. The topological polar surface area (TPSA) is 104 Å². The van der Waals surface area contributed by atoms with E-state index in [4.69, 9.17) is 23.2 Å². The van der Waals surface area contributed by atoms with Gasteiger partial charge in [-0.05, 0) is 54.7 Å². The van der Waals surface area contributed by atoms with E-state index in [1.165, 1.54) is 17.0 Å². The molecule has 1 N–H and O–H groups in total. The molecular weight excluding hydrogens is 609 g/mol. The third-order valence-electron chi connectivity index (χ3n) is 7.99. The van der Waals surface area contributed by atoms with Crippen molar-refractivity contribution in [1.82, 2.24) is 14.5 Å². The zero-order valence-corrected chi connectivity index (χ0v) is 25.9. The minimum atomic E-state index is -3.99. The SMILES string of the molecule is O=C(NC1CCCC1)[C@H](Cc1ccccc1)N(Cc1ccc(Cl)cc1Cl)C(=O)CCCN1C(=O)c2ccccc2S1(=O)=O. The molecule has 3 aromatic rings. The average Bonchev–Trinajstić information content (AvgIpc) is 3.57. The molecule has 3 amide bonds. The Morgan fingerprint density at radius 2 is 1.67 bits per heavy atom. The average molecular weight is 643 g/mol. The van der Waals surface area contributed by atoms with E-state index in [-0.39, 0.29) is 60.7 Å². The zero-order valence-electron chi connectivity index (χ0n) is 23.5. The largest absolute Gasteiger partial charge is 0.352 e. The normalized spacial score (nSPS) is 16.6. The summed E-state index contributed by atoms with van der Waals surface area (Å²) in [5.41, 5.74) is 1.64. The van der Waals surface area contributed by atoms with Crippen LogP contribution in [-0.2, 0) is 32.6 Å². The summed E-state index contributed by atoms with van der Waals surface area (Å²) in [7, 11) is -3.99. The first kappa shape index (κ1) is 31.0. The highest BCUT2D eigenvalue weighted by atomic mass is 35.5. The van der Waals surface area contributed by atoms with Gasteiger partial charge in [0.05, 0.1) is 5.56 Å². The number of amides is 3. The number of hydrogen-bond donors (Lipinski definition) is 1. The van der Waals surface area contributed by atoms with E-state index in [0.29, 0.717) is 15.6 Å². The van der Waals surface area contributed by atoms with Crippen LogP contribution < -0.4 is 5.32 Å². The molecule has 1 aliphatic heterocycles. The number of nitrogens with zero attached hydrogens (tertiary/aromatic N) is 2. The molecule has 0 spiro atoms. The molecule has 0 unspecified atom stereocenters. The fraction of sp³-hybridized carbons (Fsp3) is 0.344. The summed E-state index contributed by atoms with van der Waals surface area (Å²) in [4.78, 5) is 42.1. The predicted octanol–water partition coefficient (Wildman–Crippen LogP) is 5.62. The van der Waals surface area contributed by atoms with Crippen LogP contribution in [0, 0.1) is 0 Å². The van der Waals surface area contributed by atoms with Crippen LogP contribution in [-0.4, -0.2) is 54.0 Å². The summed E-state index contributed by atoms with van der Waals surface area (Å²) in [5, 5.41) is 3.97. The molecule has 1 atom stereocenters. The summed E-state index contributed by atoms with van der Waals surface area (Å²) in [5.74, 6) is -1.21. The van der Waals surface area contributed by atoms with Gasteiger partial charge in [-0.25, -0.2) is 12.7 Å². The van der Waals surface area contributed by atoms with Gasteiger partial charge < -0.3 is 10.2 Å². The highest BCUT2D eigenvalue weighted by Crippen LogP contribution is 2.30. The van der Waals surface area contributed by atoms with Crippen LogP contribution in [0.25, 0.3) is 0 Å². The van der Waals surface area contributed by atoms with Crippen LogP contribution in [0.3, 0.4) is 0 Å².